The fourth-order valence-corrected chi connectivity index (χ4v) is 5.36. The van der Waals surface area contributed by atoms with Gasteiger partial charge in [-0.1, -0.05) is 17.7 Å². The minimum Gasteiger partial charge on any atom is -0.444 e. The quantitative estimate of drug-likeness (QED) is 0.638. The summed E-state index contributed by atoms with van der Waals surface area (Å²) in [5.41, 5.74) is 1.55. The van der Waals surface area contributed by atoms with Crippen molar-refractivity contribution in [2.75, 3.05) is 30.9 Å². The van der Waals surface area contributed by atoms with E-state index >= 15 is 0 Å². The Bertz CT molecular complexity index is 1230. The number of nitrogens with one attached hydrogen (secondary N) is 1. The van der Waals surface area contributed by atoms with E-state index in [2.05, 4.69) is 9.71 Å². The van der Waals surface area contributed by atoms with Crippen LogP contribution in [0, 0.1) is 0 Å². The van der Waals surface area contributed by atoms with E-state index in [1.54, 1.807) is 40.3 Å². The summed E-state index contributed by atoms with van der Waals surface area (Å²) in [7, 11) is -3.39. The van der Waals surface area contributed by atoms with Gasteiger partial charge >= 0.3 is 6.09 Å². The number of pyridine rings is 1. The topological polar surface area (TPSA) is 109 Å². The summed E-state index contributed by atoms with van der Waals surface area (Å²) < 4.78 is 32.4. The van der Waals surface area contributed by atoms with E-state index in [9.17, 15) is 18.0 Å². The first-order valence-electron chi connectivity index (χ1n) is 11.5. The predicted molar refractivity (Wildman–Crippen MR) is 134 cm³/mol. The van der Waals surface area contributed by atoms with Gasteiger partial charge in [0.2, 0.25) is 10.0 Å². The summed E-state index contributed by atoms with van der Waals surface area (Å²) in [5.74, 6) is -0.213. The standard InChI is InChI=1S/C24H29ClN4O5S/c1-24(2,3)34-23(31)29-10-8-28(9-11-29)22(30)20-7-4-16(13-21(20)25)17-12-18(15-26-14-17)27-35(32,33)19-5-6-19/h4,7,12-15,19,27H,5-6,8-11H2,1-3H3. The highest BCUT2D eigenvalue weighted by atomic mass is 35.5. The van der Waals surface area contributed by atoms with Gasteiger partial charge in [0.15, 0.2) is 0 Å². The number of nitrogens with zero attached hydrogens (tertiary/aromatic N) is 3. The van der Waals surface area contributed by atoms with Gasteiger partial charge in [0, 0.05) is 37.9 Å². The lowest BCUT2D eigenvalue weighted by Crippen LogP contribution is -2.51. The van der Waals surface area contributed by atoms with Crippen LogP contribution >= 0.6 is 11.6 Å². The number of anilines is 1. The molecule has 2 fully saturated rings. The Balaban J connectivity index is 1.42. The van der Waals surface area contributed by atoms with Gasteiger partial charge in [-0.15, -0.1) is 0 Å². The zero-order valence-electron chi connectivity index (χ0n) is 20.0. The highest BCUT2D eigenvalue weighted by Crippen LogP contribution is 2.31. The van der Waals surface area contributed by atoms with Crippen molar-refractivity contribution in [2.24, 2.45) is 0 Å². The Morgan fingerprint density at radius 2 is 1.69 bits per heavy atom. The maximum Gasteiger partial charge on any atom is 0.410 e. The average Bonchev–Trinajstić information content (AvgIpc) is 3.64. The van der Waals surface area contributed by atoms with Crippen molar-refractivity contribution in [1.82, 2.24) is 14.8 Å². The summed E-state index contributed by atoms with van der Waals surface area (Å²) in [6.45, 7) is 6.96. The third kappa shape index (κ3) is 6.24. The molecule has 0 unspecified atom stereocenters. The van der Waals surface area contributed by atoms with Crippen LogP contribution in [0.3, 0.4) is 0 Å². The Morgan fingerprint density at radius 1 is 1.03 bits per heavy atom. The second kappa shape index (κ2) is 9.66. The Morgan fingerprint density at radius 3 is 2.29 bits per heavy atom. The van der Waals surface area contributed by atoms with Crippen molar-refractivity contribution in [1.29, 1.82) is 0 Å². The zero-order chi connectivity index (χ0) is 25.4. The molecule has 1 aromatic heterocycles. The molecule has 188 valence electrons. The summed E-state index contributed by atoms with van der Waals surface area (Å²) in [5, 5.41) is -0.0528. The lowest BCUT2D eigenvalue weighted by molar-refractivity contribution is 0.0141. The second-order valence-electron chi connectivity index (χ2n) is 9.76. The van der Waals surface area contributed by atoms with Gasteiger partial charge in [0.05, 0.1) is 27.7 Å². The fourth-order valence-electron chi connectivity index (χ4n) is 3.74. The molecule has 9 nitrogen and oxygen atoms in total. The molecular weight excluding hydrogens is 492 g/mol. The number of ether oxygens (including phenoxy) is 1. The van der Waals surface area contributed by atoms with Crippen molar-refractivity contribution in [3.8, 4) is 11.1 Å². The molecule has 11 heteroatoms. The SMILES string of the molecule is CC(C)(C)OC(=O)N1CCN(C(=O)c2ccc(-c3cncc(NS(=O)(=O)C4CC4)c3)cc2Cl)CC1. The molecule has 0 radical (unpaired) electrons. The van der Waals surface area contributed by atoms with Crippen molar-refractivity contribution in [3.05, 3.63) is 47.2 Å². The first kappa shape index (κ1) is 25.2. The maximum absolute atomic E-state index is 13.1. The smallest absolute Gasteiger partial charge is 0.410 e. The van der Waals surface area contributed by atoms with Gasteiger partial charge in [-0.3, -0.25) is 14.5 Å². The molecule has 2 aliphatic rings. The van der Waals surface area contributed by atoms with Crippen LogP contribution in [0.4, 0.5) is 10.5 Å². The molecule has 2 amide bonds. The molecule has 0 spiro atoms. The molecule has 1 aliphatic carbocycles. The number of carbonyl (C=O) groups is 2. The minimum atomic E-state index is -3.39. The van der Waals surface area contributed by atoms with E-state index in [-0.39, 0.29) is 22.3 Å². The first-order chi connectivity index (χ1) is 16.4. The fraction of sp³-hybridized carbons (Fsp3) is 0.458. The van der Waals surface area contributed by atoms with Crippen LogP contribution in [0.25, 0.3) is 11.1 Å². The molecule has 1 saturated carbocycles. The molecule has 1 saturated heterocycles. The number of piperazine rings is 1. The number of hydrogen-bond donors (Lipinski definition) is 1. The van der Waals surface area contributed by atoms with E-state index in [0.717, 1.165) is 0 Å². The van der Waals surface area contributed by atoms with Crippen molar-refractivity contribution < 1.29 is 22.7 Å². The number of halogens is 1. The largest absolute Gasteiger partial charge is 0.444 e. The van der Waals surface area contributed by atoms with Gasteiger partial charge in [-0.2, -0.15) is 0 Å². The summed E-state index contributed by atoms with van der Waals surface area (Å²) in [6.07, 6.45) is 4.02. The van der Waals surface area contributed by atoms with E-state index in [4.69, 9.17) is 16.3 Å². The van der Waals surface area contributed by atoms with Gasteiger partial charge in [-0.25, -0.2) is 13.2 Å². The third-order valence-electron chi connectivity index (χ3n) is 5.71. The molecular formula is C24H29ClN4O5S. The highest BCUT2D eigenvalue weighted by Gasteiger charge is 2.35. The lowest BCUT2D eigenvalue weighted by atomic mass is 10.0. The Hall–Kier alpha value is -2.85. The highest BCUT2D eigenvalue weighted by molar-refractivity contribution is 7.93. The number of carbonyl (C=O) groups excluding carboxylic acids is 2. The first-order valence-corrected chi connectivity index (χ1v) is 13.4. The number of rotatable bonds is 5. The monoisotopic (exact) mass is 520 g/mol. The molecule has 2 aromatic rings. The summed E-state index contributed by atoms with van der Waals surface area (Å²) in [6, 6.07) is 6.77. The molecule has 1 N–H and O–H groups in total. The molecule has 4 rings (SSSR count). The minimum absolute atomic E-state index is 0.213. The van der Waals surface area contributed by atoms with E-state index in [0.29, 0.717) is 61.4 Å². The normalized spacial score (nSPS) is 16.7. The van der Waals surface area contributed by atoms with Gasteiger partial charge in [0.1, 0.15) is 5.60 Å². The summed E-state index contributed by atoms with van der Waals surface area (Å²) >= 11 is 6.48. The molecule has 2 heterocycles. The Kier molecular flexibility index (Phi) is 6.97. The van der Waals surface area contributed by atoms with Gasteiger partial charge < -0.3 is 14.5 Å². The molecule has 1 aliphatic heterocycles. The number of benzene rings is 1. The van der Waals surface area contributed by atoms with Crippen LogP contribution in [0.15, 0.2) is 36.7 Å². The van der Waals surface area contributed by atoms with Crippen molar-refractivity contribution in [3.63, 3.8) is 0 Å². The molecule has 1 aromatic carbocycles. The van der Waals surface area contributed by atoms with Crippen molar-refractivity contribution in [2.45, 2.75) is 44.5 Å². The van der Waals surface area contributed by atoms with Crippen molar-refractivity contribution >= 4 is 39.3 Å². The van der Waals surface area contributed by atoms with Crippen LogP contribution < -0.4 is 4.72 Å². The van der Waals surface area contributed by atoms with Gasteiger partial charge in [-0.05, 0) is 57.4 Å². The van der Waals surface area contributed by atoms with E-state index < -0.39 is 15.6 Å². The van der Waals surface area contributed by atoms with Crippen LogP contribution in [0.2, 0.25) is 5.02 Å². The second-order valence-corrected chi connectivity index (χ2v) is 12.1. The van der Waals surface area contributed by atoms with Crippen LogP contribution in [0.5, 0.6) is 0 Å². The molecule has 0 bridgehead atoms. The van der Waals surface area contributed by atoms with Crippen LogP contribution in [-0.2, 0) is 14.8 Å². The third-order valence-corrected chi connectivity index (χ3v) is 7.89. The number of amides is 2. The van der Waals surface area contributed by atoms with E-state index in [1.165, 1.54) is 6.20 Å². The van der Waals surface area contributed by atoms with Crippen LogP contribution in [0.1, 0.15) is 44.0 Å². The zero-order valence-corrected chi connectivity index (χ0v) is 21.5. The average molecular weight is 521 g/mol. The lowest BCUT2D eigenvalue weighted by Gasteiger charge is -2.35. The summed E-state index contributed by atoms with van der Waals surface area (Å²) in [4.78, 5) is 32.7. The molecule has 35 heavy (non-hydrogen) atoms. The number of sulfonamides is 1. The van der Waals surface area contributed by atoms with E-state index in [1.807, 2.05) is 20.8 Å². The number of aromatic nitrogens is 1. The molecule has 0 atom stereocenters. The Labute approximate surface area is 210 Å². The predicted octanol–water partition coefficient (Wildman–Crippen LogP) is 4.00. The number of hydrogen-bond acceptors (Lipinski definition) is 6. The maximum atomic E-state index is 13.1. The van der Waals surface area contributed by atoms with Gasteiger partial charge in [0.25, 0.3) is 5.91 Å². The van der Waals surface area contributed by atoms with Crippen LogP contribution in [-0.4, -0.2) is 72.2 Å².